The van der Waals surface area contributed by atoms with E-state index in [1.807, 2.05) is 0 Å². The first-order valence-corrected chi connectivity index (χ1v) is 5.77. The molecular weight excluding hydrogens is 297 g/mol. The summed E-state index contributed by atoms with van der Waals surface area (Å²) in [6.45, 7) is 0. The van der Waals surface area contributed by atoms with Crippen molar-refractivity contribution in [1.29, 1.82) is 0 Å². The molecule has 0 spiro atoms. The number of benzene rings is 1. The van der Waals surface area contributed by atoms with Crippen molar-refractivity contribution in [3.8, 4) is 0 Å². The molecule has 2 rings (SSSR count). The first-order chi connectivity index (χ1) is 7.66. The van der Waals surface area contributed by atoms with Crippen molar-refractivity contribution in [2.45, 2.75) is 0 Å². The van der Waals surface area contributed by atoms with E-state index in [9.17, 15) is 9.18 Å². The average molecular weight is 302 g/mol. The molecule has 0 aliphatic rings. The summed E-state index contributed by atoms with van der Waals surface area (Å²) in [6.07, 6.45) is 1.44. The number of amides is 1. The fraction of sp³-hybridized carbons (Fsp3) is 0. The number of rotatable bonds is 2. The van der Waals surface area contributed by atoms with Crippen LogP contribution < -0.4 is 5.32 Å². The van der Waals surface area contributed by atoms with Crippen molar-refractivity contribution >= 4 is 38.4 Å². The lowest BCUT2D eigenvalue weighted by Gasteiger charge is -2.03. The van der Waals surface area contributed by atoms with Gasteiger partial charge >= 0.3 is 0 Å². The van der Waals surface area contributed by atoms with Gasteiger partial charge in [0.1, 0.15) is 10.8 Å². The molecule has 0 saturated carbocycles. The molecular formula is C9H5BrFN3OS. The van der Waals surface area contributed by atoms with E-state index >= 15 is 0 Å². The number of carbonyl (C=O) groups excluding carboxylic acids is 1. The third-order valence-corrected chi connectivity index (χ3v) is 3.01. The summed E-state index contributed by atoms with van der Waals surface area (Å²) in [7, 11) is 0. The Morgan fingerprint density at radius 3 is 2.94 bits per heavy atom. The smallest absolute Gasteiger partial charge is 0.257 e. The van der Waals surface area contributed by atoms with Gasteiger partial charge in [0, 0.05) is 16.0 Å². The quantitative estimate of drug-likeness (QED) is 0.928. The number of aromatic nitrogens is 2. The Kier molecular flexibility index (Phi) is 3.25. The molecule has 4 nitrogen and oxygen atoms in total. The third kappa shape index (κ3) is 2.42. The second kappa shape index (κ2) is 4.67. The van der Waals surface area contributed by atoms with Crippen molar-refractivity contribution in [3.63, 3.8) is 0 Å². The first-order valence-electron chi connectivity index (χ1n) is 4.20. The number of halogens is 2. The zero-order chi connectivity index (χ0) is 11.5. The molecule has 0 unspecified atom stereocenters. The molecule has 1 amide bonds. The predicted octanol–water partition coefficient (Wildman–Crippen LogP) is 2.69. The fourth-order valence-electron chi connectivity index (χ4n) is 1.08. The summed E-state index contributed by atoms with van der Waals surface area (Å²) in [6, 6.07) is 3.87. The normalized spacial score (nSPS) is 10.1. The maximum Gasteiger partial charge on any atom is 0.257 e. The lowest BCUT2D eigenvalue weighted by Crippen LogP contribution is -2.11. The van der Waals surface area contributed by atoms with Crippen molar-refractivity contribution in [1.82, 2.24) is 9.59 Å². The molecule has 0 saturated heterocycles. The van der Waals surface area contributed by atoms with Gasteiger partial charge in [-0.05, 0) is 34.1 Å². The van der Waals surface area contributed by atoms with Gasteiger partial charge in [0.2, 0.25) is 0 Å². The van der Waals surface area contributed by atoms with Gasteiger partial charge in [0.05, 0.1) is 11.8 Å². The van der Waals surface area contributed by atoms with Crippen LogP contribution in [-0.2, 0) is 0 Å². The molecule has 0 bridgehead atoms. The van der Waals surface area contributed by atoms with Gasteiger partial charge in [-0.25, -0.2) is 4.39 Å². The highest BCUT2D eigenvalue weighted by molar-refractivity contribution is 9.10. The number of carbonyl (C=O) groups is 1. The zero-order valence-corrected chi connectivity index (χ0v) is 10.2. The zero-order valence-electron chi connectivity index (χ0n) is 7.78. The van der Waals surface area contributed by atoms with Crippen molar-refractivity contribution in [3.05, 3.63) is 40.2 Å². The Labute approximate surface area is 103 Å². The Hall–Kier alpha value is -1.34. The molecule has 0 aliphatic carbocycles. The van der Waals surface area contributed by atoms with Crippen molar-refractivity contribution in [2.24, 2.45) is 0 Å². The van der Waals surface area contributed by atoms with Gasteiger partial charge in [0.25, 0.3) is 5.91 Å². The monoisotopic (exact) mass is 301 g/mol. The summed E-state index contributed by atoms with van der Waals surface area (Å²) >= 11 is 4.20. The van der Waals surface area contributed by atoms with Gasteiger partial charge in [-0.2, -0.15) is 0 Å². The highest BCUT2D eigenvalue weighted by atomic mass is 79.9. The summed E-state index contributed by atoms with van der Waals surface area (Å²) in [5.74, 6) is -0.735. The summed E-state index contributed by atoms with van der Waals surface area (Å²) in [4.78, 5) is 11.7. The van der Waals surface area contributed by atoms with Gasteiger partial charge < -0.3 is 5.32 Å². The Morgan fingerprint density at radius 1 is 1.50 bits per heavy atom. The largest absolute Gasteiger partial charge is 0.311 e. The molecule has 0 fully saturated rings. The van der Waals surface area contributed by atoms with Crippen LogP contribution >= 0.6 is 27.5 Å². The third-order valence-electron chi connectivity index (χ3n) is 1.77. The second-order valence-corrected chi connectivity index (χ2v) is 4.50. The number of nitrogens with one attached hydrogen (secondary N) is 1. The minimum atomic E-state index is -0.400. The van der Waals surface area contributed by atoms with Gasteiger partial charge in [0.15, 0.2) is 0 Å². The molecule has 16 heavy (non-hydrogen) atoms. The predicted molar refractivity (Wildman–Crippen MR) is 62.0 cm³/mol. The van der Waals surface area contributed by atoms with Crippen LogP contribution in [0.3, 0.4) is 0 Å². The SMILES string of the molecule is O=C(Nc1cnns1)c1ccc(F)cc1Br. The fourth-order valence-corrected chi connectivity index (χ4v) is 2.02. The van der Waals surface area contributed by atoms with E-state index in [4.69, 9.17) is 0 Å². The summed E-state index contributed by atoms with van der Waals surface area (Å²) in [5.41, 5.74) is 0.356. The second-order valence-electron chi connectivity index (χ2n) is 2.86. The molecule has 0 aliphatic heterocycles. The van der Waals surface area contributed by atoms with Crippen LogP contribution in [-0.4, -0.2) is 15.5 Å². The van der Waals surface area contributed by atoms with Crippen LogP contribution in [0.1, 0.15) is 10.4 Å². The molecule has 0 atom stereocenters. The molecule has 7 heteroatoms. The Balaban J connectivity index is 2.21. The van der Waals surface area contributed by atoms with Crippen LogP contribution in [0, 0.1) is 5.82 Å². The molecule has 0 radical (unpaired) electrons. The van der Waals surface area contributed by atoms with Gasteiger partial charge in [-0.3, -0.25) is 4.79 Å². The Morgan fingerprint density at radius 2 is 2.31 bits per heavy atom. The minimum Gasteiger partial charge on any atom is -0.311 e. The number of hydrogen-bond acceptors (Lipinski definition) is 4. The number of hydrogen-bond donors (Lipinski definition) is 1. The molecule has 1 aromatic heterocycles. The minimum absolute atomic E-state index is 0.335. The topological polar surface area (TPSA) is 54.9 Å². The Bertz CT molecular complexity index is 517. The lowest BCUT2D eigenvalue weighted by atomic mass is 10.2. The average Bonchev–Trinajstić information content (AvgIpc) is 2.70. The lowest BCUT2D eigenvalue weighted by molar-refractivity contribution is 0.102. The van der Waals surface area contributed by atoms with Crippen LogP contribution in [0.2, 0.25) is 0 Å². The van der Waals surface area contributed by atoms with E-state index in [-0.39, 0.29) is 5.91 Å². The molecule has 2 aromatic rings. The first kappa shape index (κ1) is 11.2. The molecule has 1 aromatic carbocycles. The number of nitrogens with zero attached hydrogens (tertiary/aromatic N) is 2. The standard InChI is InChI=1S/C9H5BrFN3OS/c10-7-3-5(11)1-2-6(7)9(15)13-8-4-12-14-16-8/h1-4H,(H,13,15). The van der Waals surface area contributed by atoms with Crippen molar-refractivity contribution in [2.75, 3.05) is 5.32 Å². The molecule has 82 valence electrons. The molecule has 1 heterocycles. The van der Waals surface area contributed by atoms with E-state index in [2.05, 4.69) is 30.8 Å². The number of anilines is 1. The van der Waals surface area contributed by atoms with Gasteiger partial charge in [-0.1, -0.05) is 4.49 Å². The summed E-state index contributed by atoms with van der Waals surface area (Å²) in [5, 5.41) is 6.73. The highest BCUT2D eigenvalue weighted by Gasteiger charge is 2.11. The van der Waals surface area contributed by atoms with E-state index in [0.717, 1.165) is 11.5 Å². The van der Waals surface area contributed by atoms with Gasteiger partial charge in [-0.15, -0.1) is 5.10 Å². The van der Waals surface area contributed by atoms with E-state index in [0.29, 0.717) is 15.0 Å². The van der Waals surface area contributed by atoms with E-state index in [1.54, 1.807) is 0 Å². The van der Waals surface area contributed by atoms with E-state index in [1.165, 1.54) is 24.4 Å². The van der Waals surface area contributed by atoms with Crippen LogP contribution in [0.5, 0.6) is 0 Å². The van der Waals surface area contributed by atoms with Crippen LogP contribution in [0.15, 0.2) is 28.9 Å². The summed E-state index contributed by atoms with van der Waals surface area (Å²) < 4.78 is 16.8. The maximum atomic E-state index is 12.8. The maximum absolute atomic E-state index is 12.8. The van der Waals surface area contributed by atoms with E-state index < -0.39 is 5.82 Å². The van der Waals surface area contributed by atoms with Crippen LogP contribution in [0.4, 0.5) is 9.39 Å². The molecule has 1 N–H and O–H groups in total. The van der Waals surface area contributed by atoms with Crippen LogP contribution in [0.25, 0.3) is 0 Å². The highest BCUT2D eigenvalue weighted by Crippen LogP contribution is 2.20. The van der Waals surface area contributed by atoms with Crippen molar-refractivity contribution < 1.29 is 9.18 Å².